The second kappa shape index (κ2) is 6.87. The van der Waals surface area contributed by atoms with Gasteiger partial charge in [-0.2, -0.15) is 5.26 Å². The number of carbonyl (C=O) groups excluding carboxylic acids is 1. The standard InChI is InChI=1S/C18H13N3OS2/c1-12-2-8-15(9-3-12)20-21-17(22)16(24-18(21)23)10-13-4-6-14(11-19)7-5-13/h2-10,20H,1H3/b16-10+. The van der Waals surface area contributed by atoms with Crippen LogP contribution in [-0.2, 0) is 4.79 Å². The maximum atomic E-state index is 12.5. The van der Waals surface area contributed by atoms with Crippen LogP contribution in [0.4, 0.5) is 5.69 Å². The molecule has 0 aliphatic carbocycles. The van der Waals surface area contributed by atoms with E-state index in [1.807, 2.05) is 31.2 Å². The Hall–Kier alpha value is -2.62. The predicted molar refractivity (Wildman–Crippen MR) is 101 cm³/mol. The Morgan fingerprint density at radius 3 is 2.46 bits per heavy atom. The lowest BCUT2D eigenvalue weighted by molar-refractivity contribution is -0.121. The molecule has 1 heterocycles. The van der Waals surface area contributed by atoms with Gasteiger partial charge < -0.3 is 0 Å². The van der Waals surface area contributed by atoms with E-state index in [2.05, 4.69) is 11.5 Å². The minimum absolute atomic E-state index is 0.185. The molecule has 2 aromatic rings. The van der Waals surface area contributed by atoms with Crippen LogP contribution in [0.3, 0.4) is 0 Å². The summed E-state index contributed by atoms with van der Waals surface area (Å²) in [6.45, 7) is 2.00. The first kappa shape index (κ1) is 16.2. The summed E-state index contributed by atoms with van der Waals surface area (Å²) in [6.07, 6.45) is 1.78. The fourth-order valence-corrected chi connectivity index (χ4v) is 3.31. The molecule has 1 saturated heterocycles. The molecule has 0 spiro atoms. The van der Waals surface area contributed by atoms with Crippen molar-refractivity contribution in [1.29, 1.82) is 5.26 Å². The molecule has 1 amide bonds. The monoisotopic (exact) mass is 351 g/mol. The molecule has 118 valence electrons. The maximum Gasteiger partial charge on any atom is 0.285 e. The third-order valence-electron chi connectivity index (χ3n) is 3.42. The summed E-state index contributed by atoms with van der Waals surface area (Å²) >= 11 is 6.55. The summed E-state index contributed by atoms with van der Waals surface area (Å²) in [4.78, 5) is 13.1. The average Bonchev–Trinajstić information content (AvgIpc) is 2.85. The molecule has 0 radical (unpaired) electrons. The molecule has 2 aromatic carbocycles. The third kappa shape index (κ3) is 3.48. The van der Waals surface area contributed by atoms with Gasteiger partial charge in [0, 0.05) is 0 Å². The lowest BCUT2D eigenvalue weighted by Crippen LogP contribution is -2.33. The summed E-state index contributed by atoms with van der Waals surface area (Å²) in [7, 11) is 0. The second-order valence-corrected chi connectivity index (χ2v) is 6.90. The molecule has 6 heteroatoms. The number of hydrogen-bond donors (Lipinski definition) is 1. The number of hydrogen-bond acceptors (Lipinski definition) is 5. The van der Waals surface area contributed by atoms with Crippen molar-refractivity contribution in [3.63, 3.8) is 0 Å². The maximum absolute atomic E-state index is 12.5. The van der Waals surface area contributed by atoms with Crippen molar-refractivity contribution in [2.75, 3.05) is 5.43 Å². The SMILES string of the molecule is Cc1ccc(NN2C(=O)/C(=C\c3ccc(C#N)cc3)SC2=S)cc1. The van der Waals surface area contributed by atoms with E-state index in [4.69, 9.17) is 17.5 Å². The zero-order chi connectivity index (χ0) is 17.1. The van der Waals surface area contributed by atoms with Crippen molar-refractivity contribution in [1.82, 2.24) is 5.01 Å². The number of hydrazine groups is 1. The lowest BCUT2D eigenvalue weighted by Gasteiger charge is -2.17. The van der Waals surface area contributed by atoms with Crippen molar-refractivity contribution < 1.29 is 4.79 Å². The quantitative estimate of drug-likeness (QED) is 0.667. The van der Waals surface area contributed by atoms with Gasteiger partial charge in [0.15, 0.2) is 4.32 Å². The van der Waals surface area contributed by atoms with Crippen molar-refractivity contribution in [2.24, 2.45) is 0 Å². The smallest absolute Gasteiger partial charge is 0.285 e. The minimum Gasteiger partial charge on any atom is -0.290 e. The first-order chi connectivity index (χ1) is 11.6. The average molecular weight is 351 g/mol. The first-order valence-corrected chi connectivity index (χ1v) is 8.41. The summed E-state index contributed by atoms with van der Waals surface area (Å²) in [5.74, 6) is -0.185. The summed E-state index contributed by atoms with van der Waals surface area (Å²) < 4.78 is 0.459. The van der Waals surface area contributed by atoms with Crippen LogP contribution in [0.5, 0.6) is 0 Å². The Morgan fingerprint density at radius 2 is 1.83 bits per heavy atom. The topological polar surface area (TPSA) is 56.1 Å². The molecule has 4 nitrogen and oxygen atoms in total. The zero-order valence-corrected chi connectivity index (χ0v) is 14.4. The molecule has 1 aliphatic rings. The fraction of sp³-hybridized carbons (Fsp3) is 0.0556. The first-order valence-electron chi connectivity index (χ1n) is 7.18. The van der Waals surface area contributed by atoms with Crippen molar-refractivity contribution in [3.05, 3.63) is 70.1 Å². The molecule has 3 rings (SSSR count). The molecule has 0 saturated carbocycles. The van der Waals surface area contributed by atoms with Crippen LogP contribution in [0.15, 0.2) is 53.4 Å². The number of benzene rings is 2. The van der Waals surface area contributed by atoms with Crippen molar-refractivity contribution in [3.8, 4) is 6.07 Å². The molecular formula is C18H13N3OS2. The van der Waals surface area contributed by atoms with Gasteiger partial charge in [-0.1, -0.05) is 41.6 Å². The lowest BCUT2D eigenvalue weighted by atomic mass is 10.1. The van der Waals surface area contributed by atoms with Crippen LogP contribution >= 0.6 is 24.0 Å². The van der Waals surface area contributed by atoms with Gasteiger partial charge in [-0.15, -0.1) is 0 Å². The van der Waals surface area contributed by atoms with Crippen LogP contribution in [0.25, 0.3) is 6.08 Å². The highest BCUT2D eigenvalue weighted by Crippen LogP contribution is 2.32. The van der Waals surface area contributed by atoms with Crippen molar-refractivity contribution in [2.45, 2.75) is 6.92 Å². The summed E-state index contributed by atoms with van der Waals surface area (Å²) in [5, 5.41) is 10.2. The van der Waals surface area contributed by atoms with Gasteiger partial charge in [-0.3, -0.25) is 10.2 Å². The largest absolute Gasteiger partial charge is 0.290 e. The van der Waals surface area contributed by atoms with Crippen LogP contribution in [0.1, 0.15) is 16.7 Å². The number of carbonyl (C=O) groups is 1. The number of nitriles is 1. The van der Waals surface area contributed by atoms with Crippen LogP contribution < -0.4 is 5.43 Å². The number of thioether (sulfide) groups is 1. The number of anilines is 1. The predicted octanol–water partition coefficient (Wildman–Crippen LogP) is 4.10. The molecule has 0 aromatic heterocycles. The highest BCUT2D eigenvalue weighted by atomic mass is 32.2. The fourth-order valence-electron chi connectivity index (χ4n) is 2.13. The number of aryl methyl sites for hydroxylation is 1. The zero-order valence-electron chi connectivity index (χ0n) is 12.8. The molecule has 0 atom stereocenters. The molecule has 0 bridgehead atoms. The Morgan fingerprint density at radius 1 is 1.17 bits per heavy atom. The highest BCUT2D eigenvalue weighted by Gasteiger charge is 2.32. The van der Waals surface area contributed by atoms with Gasteiger partial charge in [0.05, 0.1) is 22.2 Å². The van der Waals surface area contributed by atoms with E-state index < -0.39 is 0 Å². The van der Waals surface area contributed by atoms with Crippen LogP contribution in [-0.4, -0.2) is 15.2 Å². The van der Waals surface area contributed by atoms with E-state index in [1.165, 1.54) is 16.8 Å². The van der Waals surface area contributed by atoms with E-state index in [1.54, 1.807) is 30.3 Å². The van der Waals surface area contributed by atoms with E-state index >= 15 is 0 Å². The number of nitrogens with zero attached hydrogens (tertiary/aromatic N) is 2. The number of rotatable bonds is 3. The van der Waals surface area contributed by atoms with Gasteiger partial charge in [-0.25, -0.2) is 5.01 Å². The number of nitrogens with one attached hydrogen (secondary N) is 1. The van der Waals surface area contributed by atoms with Crippen LogP contribution in [0, 0.1) is 18.3 Å². The van der Waals surface area contributed by atoms with E-state index in [9.17, 15) is 4.79 Å². The normalized spacial score (nSPS) is 15.7. The van der Waals surface area contributed by atoms with Gasteiger partial charge in [0.1, 0.15) is 0 Å². The Kier molecular flexibility index (Phi) is 4.65. The highest BCUT2D eigenvalue weighted by molar-refractivity contribution is 8.26. The minimum atomic E-state index is -0.185. The third-order valence-corrected chi connectivity index (χ3v) is 4.73. The van der Waals surface area contributed by atoms with Gasteiger partial charge in [-0.05, 0) is 55.0 Å². The molecule has 1 fully saturated rings. The van der Waals surface area contributed by atoms with E-state index in [0.717, 1.165) is 16.8 Å². The van der Waals surface area contributed by atoms with Crippen LogP contribution in [0.2, 0.25) is 0 Å². The number of thiocarbonyl (C=S) groups is 1. The van der Waals surface area contributed by atoms with Gasteiger partial charge in [0.25, 0.3) is 5.91 Å². The molecular weight excluding hydrogens is 338 g/mol. The van der Waals surface area contributed by atoms with Gasteiger partial charge >= 0.3 is 0 Å². The summed E-state index contributed by atoms with van der Waals surface area (Å²) in [5.41, 5.74) is 6.42. The van der Waals surface area contributed by atoms with E-state index in [-0.39, 0.29) is 5.91 Å². The number of amides is 1. The summed E-state index contributed by atoms with van der Waals surface area (Å²) in [6, 6.07) is 16.8. The Labute approximate surface area is 149 Å². The molecule has 24 heavy (non-hydrogen) atoms. The molecule has 1 aliphatic heterocycles. The van der Waals surface area contributed by atoms with Crippen molar-refractivity contribution >= 4 is 46.0 Å². The van der Waals surface area contributed by atoms with Gasteiger partial charge in [0.2, 0.25) is 0 Å². The van der Waals surface area contributed by atoms with E-state index in [0.29, 0.717) is 14.8 Å². The molecule has 0 unspecified atom stereocenters. The second-order valence-electron chi connectivity index (χ2n) is 5.23. The Bertz CT molecular complexity index is 865. The molecule has 1 N–H and O–H groups in total. The Balaban J connectivity index is 1.79.